The number of aromatic nitrogens is 3. The summed E-state index contributed by atoms with van der Waals surface area (Å²) in [5, 5.41) is 27.0. The van der Waals surface area contributed by atoms with E-state index in [0.29, 0.717) is 11.0 Å². The molecule has 0 unspecified atom stereocenters. The maximum atomic E-state index is 10.5. The minimum atomic E-state index is -1.10. The Morgan fingerprint density at radius 3 is 2.47 bits per heavy atom. The van der Waals surface area contributed by atoms with Crippen LogP contribution in [0.5, 0.6) is 0 Å². The highest BCUT2D eigenvalue weighted by atomic mass is 32.2. The molecular weight excluding hydrogens is 242 g/mol. The Kier molecular flexibility index (Phi) is 4.16. The third-order valence-corrected chi connectivity index (χ3v) is 2.98. The largest absolute Gasteiger partial charge is 0.481 e. The van der Waals surface area contributed by atoms with Crippen LogP contribution in [0.1, 0.15) is 39.6 Å². The summed E-state index contributed by atoms with van der Waals surface area (Å²) in [7, 11) is 0. The first-order valence-electron chi connectivity index (χ1n) is 5.26. The fourth-order valence-electron chi connectivity index (χ4n) is 1.38. The predicted octanol–water partition coefficient (Wildman–Crippen LogP) is 1.26. The highest BCUT2D eigenvalue weighted by molar-refractivity contribution is 7.99. The molecule has 0 aliphatic heterocycles. The van der Waals surface area contributed by atoms with Crippen LogP contribution in [0.25, 0.3) is 0 Å². The summed E-state index contributed by atoms with van der Waals surface area (Å²) in [6.45, 7) is 7.12. The summed E-state index contributed by atoms with van der Waals surface area (Å²) in [5.74, 6) is -0.532. The van der Waals surface area contributed by atoms with Gasteiger partial charge in [-0.05, 0) is 27.7 Å². The van der Waals surface area contributed by atoms with Gasteiger partial charge in [0.2, 0.25) is 0 Å². The van der Waals surface area contributed by atoms with E-state index in [-0.39, 0.29) is 11.8 Å². The third kappa shape index (κ3) is 3.44. The molecule has 1 aromatic heterocycles. The van der Waals surface area contributed by atoms with E-state index in [1.807, 2.05) is 13.8 Å². The van der Waals surface area contributed by atoms with E-state index in [4.69, 9.17) is 5.11 Å². The quantitative estimate of drug-likeness (QED) is 0.774. The normalized spacial score (nSPS) is 12.1. The van der Waals surface area contributed by atoms with Crippen LogP contribution in [0.2, 0.25) is 0 Å². The Bertz CT molecular complexity index is 409. The third-order valence-electron chi connectivity index (χ3n) is 2.05. The van der Waals surface area contributed by atoms with Crippen molar-refractivity contribution in [3.05, 3.63) is 5.82 Å². The molecule has 6 nitrogen and oxygen atoms in total. The van der Waals surface area contributed by atoms with Gasteiger partial charge >= 0.3 is 5.97 Å². The number of nitrogens with zero attached hydrogens (tertiary/aromatic N) is 3. The number of thioether (sulfide) groups is 1. The Hall–Kier alpha value is -1.08. The van der Waals surface area contributed by atoms with Crippen molar-refractivity contribution < 1.29 is 15.0 Å². The second-order valence-corrected chi connectivity index (χ2v) is 5.45. The lowest BCUT2D eigenvalue weighted by molar-refractivity contribution is -0.133. The lowest BCUT2D eigenvalue weighted by Gasteiger charge is -2.20. The molecule has 0 aromatic carbocycles. The molecule has 7 heteroatoms. The molecule has 0 aliphatic rings. The van der Waals surface area contributed by atoms with Crippen LogP contribution in [0.3, 0.4) is 0 Å². The molecule has 0 radical (unpaired) electrons. The summed E-state index contributed by atoms with van der Waals surface area (Å²) < 4.78 is 1.76. The van der Waals surface area contributed by atoms with Crippen molar-refractivity contribution in [2.24, 2.45) is 0 Å². The second kappa shape index (κ2) is 5.05. The number of rotatable bonds is 5. The topological polar surface area (TPSA) is 88.2 Å². The van der Waals surface area contributed by atoms with Crippen LogP contribution < -0.4 is 0 Å². The Morgan fingerprint density at radius 2 is 2.06 bits per heavy atom. The molecule has 1 heterocycles. The van der Waals surface area contributed by atoms with Crippen molar-refractivity contribution in [1.29, 1.82) is 0 Å². The molecule has 1 aromatic rings. The zero-order chi connectivity index (χ0) is 13.2. The van der Waals surface area contributed by atoms with Crippen LogP contribution in [-0.2, 0) is 10.4 Å². The van der Waals surface area contributed by atoms with Gasteiger partial charge in [0.15, 0.2) is 11.0 Å². The fraction of sp³-hybridized carbons (Fsp3) is 0.700. The average molecular weight is 259 g/mol. The van der Waals surface area contributed by atoms with Crippen molar-refractivity contribution in [3.8, 4) is 0 Å². The molecular formula is C10H17N3O3S. The highest BCUT2D eigenvalue weighted by Crippen LogP contribution is 2.27. The van der Waals surface area contributed by atoms with Crippen molar-refractivity contribution >= 4 is 17.7 Å². The summed E-state index contributed by atoms with van der Waals surface area (Å²) in [6.07, 6.45) is 0. The van der Waals surface area contributed by atoms with E-state index in [0.717, 1.165) is 11.8 Å². The standard InChI is InChI=1S/C10H17N3O3S/c1-6(2)13-8(10(3,4)16)11-12-9(13)17-5-7(14)15/h6,16H,5H2,1-4H3,(H,14,15). The smallest absolute Gasteiger partial charge is 0.313 e. The van der Waals surface area contributed by atoms with Crippen molar-refractivity contribution in [2.45, 2.75) is 44.5 Å². The maximum Gasteiger partial charge on any atom is 0.313 e. The number of hydrogen-bond acceptors (Lipinski definition) is 5. The monoisotopic (exact) mass is 259 g/mol. The highest BCUT2D eigenvalue weighted by Gasteiger charge is 2.27. The molecule has 0 amide bonds. The molecule has 0 aliphatic carbocycles. The molecule has 0 fully saturated rings. The molecule has 0 atom stereocenters. The van der Waals surface area contributed by atoms with E-state index in [9.17, 15) is 9.90 Å². The molecule has 0 saturated heterocycles. The fourth-order valence-corrected chi connectivity index (χ4v) is 2.17. The minimum Gasteiger partial charge on any atom is -0.481 e. The van der Waals surface area contributed by atoms with E-state index in [1.54, 1.807) is 18.4 Å². The summed E-state index contributed by atoms with van der Waals surface area (Å²) in [5.41, 5.74) is -1.10. The van der Waals surface area contributed by atoms with Crippen LogP contribution in [0, 0.1) is 0 Å². The van der Waals surface area contributed by atoms with Gasteiger partial charge in [-0.1, -0.05) is 11.8 Å². The molecule has 2 N–H and O–H groups in total. The van der Waals surface area contributed by atoms with Crippen LogP contribution >= 0.6 is 11.8 Å². The molecule has 0 spiro atoms. The lowest BCUT2D eigenvalue weighted by Crippen LogP contribution is -2.23. The summed E-state index contributed by atoms with van der Waals surface area (Å²) >= 11 is 1.10. The van der Waals surface area contributed by atoms with Crippen LogP contribution in [-0.4, -0.2) is 36.7 Å². The number of carbonyl (C=O) groups is 1. The number of carboxylic acid groups (broad SMARTS) is 1. The average Bonchev–Trinajstić information content (AvgIpc) is 2.57. The lowest BCUT2D eigenvalue weighted by atomic mass is 10.1. The van der Waals surface area contributed by atoms with Gasteiger partial charge in [0.05, 0.1) is 5.75 Å². The molecule has 1 rings (SSSR count). The van der Waals surface area contributed by atoms with Gasteiger partial charge in [0.1, 0.15) is 5.60 Å². The minimum absolute atomic E-state index is 0.0581. The van der Waals surface area contributed by atoms with Crippen molar-refractivity contribution in [1.82, 2.24) is 14.8 Å². The van der Waals surface area contributed by atoms with E-state index >= 15 is 0 Å². The SMILES string of the molecule is CC(C)n1c(SCC(=O)O)nnc1C(C)(C)O. The van der Waals surface area contributed by atoms with Crippen molar-refractivity contribution in [2.75, 3.05) is 5.75 Å². The van der Waals surface area contributed by atoms with Gasteiger partial charge in [0, 0.05) is 6.04 Å². The zero-order valence-corrected chi connectivity index (χ0v) is 11.2. The van der Waals surface area contributed by atoms with Crippen molar-refractivity contribution in [3.63, 3.8) is 0 Å². The van der Waals surface area contributed by atoms with Crippen LogP contribution in [0.4, 0.5) is 0 Å². The second-order valence-electron chi connectivity index (χ2n) is 4.51. The van der Waals surface area contributed by atoms with Gasteiger partial charge in [-0.2, -0.15) is 0 Å². The zero-order valence-electron chi connectivity index (χ0n) is 10.3. The molecule has 0 saturated carbocycles. The Labute approximate surface area is 104 Å². The Balaban J connectivity index is 3.07. The van der Waals surface area contributed by atoms with Gasteiger partial charge in [-0.25, -0.2) is 0 Å². The molecule has 96 valence electrons. The first kappa shape index (κ1) is 14.0. The number of aliphatic carboxylic acids is 1. The van der Waals surface area contributed by atoms with E-state index < -0.39 is 11.6 Å². The first-order chi connectivity index (χ1) is 7.73. The summed E-state index contributed by atoms with van der Waals surface area (Å²) in [4.78, 5) is 10.5. The van der Waals surface area contributed by atoms with Crippen LogP contribution in [0.15, 0.2) is 5.16 Å². The van der Waals surface area contributed by atoms with Gasteiger partial charge in [-0.15, -0.1) is 10.2 Å². The number of aliphatic hydroxyl groups is 1. The van der Waals surface area contributed by atoms with E-state index in [2.05, 4.69) is 10.2 Å². The molecule has 17 heavy (non-hydrogen) atoms. The number of hydrogen-bond donors (Lipinski definition) is 2. The van der Waals surface area contributed by atoms with Gasteiger partial charge < -0.3 is 14.8 Å². The molecule has 0 bridgehead atoms. The van der Waals surface area contributed by atoms with E-state index in [1.165, 1.54) is 0 Å². The first-order valence-corrected chi connectivity index (χ1v) is 6.24. The predicted molar refractivity (Wildman–Crippen MR) is 64.0 cm³/mol. The maximum absolute atomic E-state index is 10.5. The number of carboxylic acids is 1. The van der Waals surface area contributed by atoms with Gasteiger partial charge in [-0.3, -0.25) is 4.79 Å². The Morgan fingerprint density at radius 1 is 1.47 bits per heavy atom. The summed E-state index contributed by atoms with van der Waals surface area (Å²) in [6, 6.07) is 0.0581. The van der Waals surface area contributed by atoms with Gasteiger partial charge in [0.25, 0.3) is 0 Å².